The number of nitrogens with one attached hydrogen (secondary N) is 1. The lowest BCUT2D eigenvalue weighted by Gasteiger charge is -2.37. The lowest BCUT2D eigenvalue weighted by atomic mass is 9.90. The summed E-state index contributed by atoms with van der Waals surface area (Å²) in [5.41, 5.74) is 4.39. The van der Waals surface area contributed by atoms with Crippen molar-refractivity contribution in [2.75, 3.05) is 17.3 Å². The number of fused-ring (bicyclic) bond motifs is 3. The van der Waals surface area contributed by atoms with Gasteiger partial charge in [-0.25, -0.2) is 0 Å². The van der Waals surface area contributed by atoms with Crippen LogP contribution in [0.4, 0.5) is 11.4 Å². The summed E-state index contributed by atoms with van der Waals surface area (Å²) in [6.07, 6.45) is 0.638. The first-order valence-electron chi connectivity index (χ1n) is 11.6. The second-order valence-corrected chi connectivity index (χ2v) is 9.61. The van der Waals surface area contributed by atoms with Crippen LogP contribution in [-0.2, 0) is 10.6 Å². The second-order valence-electron chi connectivity index (χ2n) is 8.69. The topological polar surface area (TPSA) is 46.1 Å². The molecule has 0 aromatic heterocycles. The Morgan fingerprint density at radius 1 is 0.943 bits per heavy atom. The summed E-state index contributed by atoms with van der Waals surface area (Å²) in [4.78, 5) is 8.75. The van der Waals surface area contributed by atoms with Crippen LogP contribution in [0.15, 0.2) is 113 Å². The molecule has 0 saturated carbocycles. The first-order chi connectivity index (χ1) is 17.2. The maximum atomic E-state index is 6.50. The van der Waals surface area contributed by atoms with Gasteiger partial charge in [0.2, 0.25) is 5.72 Å². The highest BCUT2D eigenvalue weighted by Crippen LogP contribution is 2.51. The number of amidine groups is 1. The van der Waals surface area contributed by atoms with E-state index in [1.165, 1.54) is 0 Å². The molecule has 0 fully saturated rings. The normalized spacial score (nSPS) is 20.6. The molecule has 2 aliphatic heterocycles. The first kappa shape index (κ1) is 21.7. The van der Waals surface area contributed by atoms with Crippen molar-refractivity contribution in [3.8, 4) is 5.75 Å². The molecule has 0 spiro atoms. The zero-order valence-corrected chi connectivity index (χ0v) is 20.8. The highest BCUT2D eigenvalue weighted by Gasteiger charge is 2.52. The molecule has 2 heterocycles. The highest BCUT2D eigenvalue weighted by atomic mass is 79.9. The summed E-state index contributed by atoms with van der Waals surface area (Å²) < 4.78 is 6.39. The van der Waals surface area contributed by atoms with Crippen molar-refractivity contribution in [2.24, 2.45) is 5.16 Å². The van der Waals surface area contributed by atoms with Crippen LogP contribution in [-0.4, -0.2) is 12.9 Å². The Kier molecular flexibility index (Phi) is 5.46. The summed E-state index contributed by atoms with van der Waals surface area (Å²) in [6.45, 7) is 0. The van der Waals surface area contributed by atoms with Gasteiger partial charge < -0.3 is 14.9 Å². The molecular formula is C29H24BrN3O2. The molecule has 2 atom stereocenters. The third-order valence-corrected chi connectivity index (χ3v) is 7.13. The number of methoxy groups -OCH3 is 1. The van der Waals surface area contributed by atoms with Crippen LogP contribution in [0.25, 0.3) is 0 Å². The van der Waals surface area contributed by atoms with Gasteiger partial charge in [0.1, 0.15) is 5.75 Å². The number of hydrogen-bond donors (Lipinski definition) is 1. The van der Waals surface area contributed by atoms with E-state index < -0.39 is 5.72 Å². The van der Waals surface area contributed by atoms with Crippen molar-refractivity contribution in [3.05, 3.63) is 124 Å². The van der Waals surface area contributed by atoms with Crippen LogP contribution in [0.5, 0.6) is 5.75 Å². The molecule has 0 radical (unpaired) electrons. The van der Waals surface area contributed by atoms with Gasteiger partial charge in [-0.15, -0.1) is 0 Å². The van der Waals surface area contributed by atoms with E-state index in [1.807, 2.05) is 30.3 Å². The number of ether oxygens (including phenoxy) is 1. The molecular weight excluding hydrogens is 502 g/mol. The predicted molar refractivity (Wildman–Crippen MR) is 143 cm³/mol. The minimum atomic E-state index is -0.830. The molecule has 174 valence electrons. The quantitative estimate of drug-likeness (QED) is 0.309. The largest absolute Gasteiger partial charge is 0.497 e. The number of nitrogens with zero attached hydrogens (tertiary/aromatic N) is 2. The van der Waals surface area contributed by atoms with E-state index >= 15 is 0 Å². The van der Waals surface area contributed by atoms with E-state index in [1.54, 1.807) is 7.11 Å². The van der Waals surface area contributed by atoms with Crippen LogP contribution in [0, 0.1) is 0 Å². The van der Waals surface area contributed by atoms with Crippen molar-refractivity contribution in [1.29, 1.82) is 0 Å². The monoisotopic (exact) mass is 525 g/mol. The molecule has 2 aliphatic rings. The number of rotatable bonds is 4. The lowest BCUT2D eigenvalue weighted by molar-refractivity contribution is -0.0308. The van der Waals surface area contributed by atoms with Gasteiger partial charge >= 0.3 is 0 Å². The fourth-order valence-electron chi connectivity index (χ4n) is 4.96. The molecule has 35 heavy (non-hydrogen) atoms. The number of hydrogen-bond acceptors (Lipinski definition) is 5. The third kappa shape index (κ3) is 3.74. The Labute approximate surface area is 213 Å². The minimum Gasteiger partial charge on any atom is -0.497 e. The zero-order chi connectivity index (χ0) is 23.8. The van der Waals surface area contributed by atoms with E-state index in [4.69, 9.17) is 14.7 Å². The Hall–Kier alpha value is -3.77. The van der Waals surface area contributed by atoms with Crippen molar-refractivity contribution in [1.82, 2.24) is 0 Å². The molecule has 0 bridgehead atoms. The zero-order valence-electron chi connectivity index (χ0n) is 19.2. The minimum absolute atomic E-state index is 0.0238. The number of para-hydroxylation sites is 2. The van der Waals surface area contributed by atoms with Crippen LogP contribution in [0.2, 0.25) is 0 Å². The van der Waals surface area contributed by atoms with Crippen molar-refractivity contribution in [2.45, 2.75) is 18.2 Å². The van der Waals surface area contributed by atoms with Gasteiger partial charge in [0.25, 0.3) is 0 Å². The number of halogens is 1. The molecule has 6 rings (SSSR count). The molecule has 4 aromatic rings. The van der Waals surface area contributed by atoms with E-state index in [0.29, 0.717) is 6.42 Å². The molecule has 5 nitrogen and oxygen atoms in total. The van der Waals surface area contributed by atoms with Gasteiger partial charge in [0, 0.05) is 22.0 Å². The Bertz CT molecular complexity index is 1390. The smallest absolute Gasteiger partial charge is 0.243 e. The number of oxime groups is 1. The summed E-state index contributed by atoms with van der Waals surface area (Å²) in [5.74, 6) is 1.61. The molecule has 1 N–H and O–H groups in total. The van der Waals surface area contributed by atoms with E-state index in [2.05, 4.69) is 98.9 Å². The average Bonchev–Trinajstić information content (AvgIpc) is 3.22. The Morgan fingerprint density at radius 3 is 2.49 bits per heavy atom. The van der Waals surface area contributed by atoms with E-state index in [-0.39, 0.29) is 6.04 Å². The standard InChI is InChI=1S/C29H24BrN3O2/c1-34-24-16-14-20(15-17-24)26-19-29(22-9-3-2-4-10-22)33(27-13-6-5-12-25(27)31-26)28(32-35-29)21-8-7-11-23(30)18-21/h2-18,26,31H,19H2,1H3. The maximum absolute atomic E-state index is 6.50. The Balaban J connectivity index is 1.55. The number of benzene rings is 4. The molecule has 0 aliphatic carbocycles. The van der Waals surface area contributed by atoms with Crippen LogP contribution < -0.4 is 15.0 Å². The summed E-state index contributed by atoms with van der Waals surface area (Å²) in [5, 5.41) is 8.50. The molecule has 4 aromatic carbocycles. The fourth-order valence-corrected chi connectivity index (χ4v) is 5.36. The van der Waals surface area contributed by atoms with Gasteiger partial charge in [-0.05, 0) is 42.0 Å². The van der Waals surface area contributed by atoms with Crippen molar-refractivity contribution in [3.63, 3.8) is 0 Å². The Morgan fingerprint density at radius 2 is 1.71 bits per heavy atom. The summed E-state index contributed by atoms with van der Waals surface area (Å²) in [6, 6.07) is 35.1. The lowest BCUT2D eigenvalue weighted by Crippen LogP contribution is -2.47. The fraction of sp³-hybridized carbons (Fsp3) is 0.138. The van der Waals surface area contributed by atoms with Gasteiger partial charge in [-0.2, -0.15) is 0 Å². The van der Waals surface area contributed by atoms with Gasteiger partial charge in [0.05, 0.1) is 24.5 Å². The van der Waals surface area contributed by atoms with Crippen molar-refractivity contribution < 1.29 is 9.57 Å². The molecule has 2 unspecified atom stereocenters. The van der Waals surface area contributed by atoms with Crippen LogP contribution in [0.3, 0.4) is 0 Å². The SMILES string of the molecule is COc1ccc(C2CC3(c4ccccc4)ON=C(c4cccc(Br)c4)N3c3ccccc3N2)cc1. The number of anilines is 2. The molecule has 6 heteroatoms. The van der Waals surface area contributed by atoms with Gasteiger partial charge in [-0.3, -0.25) is 4.90 Å². The third-order valence-electron chi connectivity index (χ3n) is 6.64. The first-order valence-corrected chi connectivity index (χ1v) is 12.3. The second kappa shape index (κ2) is 8.78. The van der Waals surface area contributed by atoms with Crippen LogP contribution in [0.1, 0.15) is 29.2 Å². The maximum Gasteiger partial charge on any atom is 0.243 e. The average molecular weight is 526 g/mol. The summed E-state index contributed by atoms with van der Waals surface area (Å²) >= 11 is 3.62. The highest BCUT2D eigenvalue weighted by molar-refractivity contribution is 9.10. The molecule has 0 amide bonds. The van der Waals surface area contributed by atoms with Gasteiger partial charge in [-0.1, -0.05) is 87.8 Å². The van der Waals surface area contributed by atoms with Crippen molar-refractivity contribution >= 4 is 33.1 Å². The summed E-state index contributed by atoms with van der Waals surface area (Å²) in [7, 11) is 1.69. The van der Waals surface area contributed by atoms with Crippen LogP contribution >= 0.6 is 15.9 Å². The van der Waals surface area contributed by atoms with E-state index in [9.17, 15) is 0 Å². The van der Waals surface area contributed by atoms with E-state index in [0.717, 1.165) is 44.1 Å². The van der Waals surface area contributed by atoms with Gasteiger partial charge in [0.15, 0.2) is 5.84 Å². The molecule has 0 saturated heterocycles. The predicted octanol–water partition coefficient (Wildman–Crippen LogP) is 7.07.